The summed E-state index contributed by atoms with van der Waals surface area (Å²) in [5, 5.41) is 11.8. The third-order valence-electron chi connectivity index (χ3n) is 3.89. The lowest BCUT2D eigenvalue weighted by atomic mass is 10.0. The first-order valence-corrected chi connectivity index (χ1v) is 8.34. The monoisotopic (exact) mass is 335 g/mol. The number of rotatable bonds is 8. The van der Waals surface area contributed by atoms with Gasteiger partial charge in [0.25, 0.3) is 5.91 Å². The maximum Gasteiger partial charge on any atom is 0.326 e. The van der Waals surface area contributed by atoms with E-state index in [1.165, 1.54) is 0 Å². The highest BCUT2D eigenvalue weighted by molar-refractivity contribution is 5.96. The van der Waals surface area contributed by atoms with E-state index < -0.39 is 17.9 Å². The predicted octanol–water partition coefficient (Wildman–Crippen LogP) is 2.47. The van der Waals surface area contributed by atoms with Crippen LogP contribution in [0.3, 0.4) is 0 Å². The van der Waals surface area contributed by atoms with Gasteiger partial charge in [0.15, 0.2) is 0 Å². The standard InChI is InChI=1S/C18H25NO5/c1-12(2)10-16(18(21)22)19-17(20)13-5-7-14(8-6-13)24-11-15-4-3-9-23-15/h5-8,12,15-16H,3-4,9-11H2,1-2H3,(H,19,20)(H,21,22)/t15?,16-/m0/s1. The van der Waals surface area contributed by atoms with Crippen LogP contribution >= 0.6 is 0 Å². The summed E-state index contributed by atoms with van der Waals surface area (Å²) in [7, 11) is 0. The van der Waals surface area contributed by atoms with Crippen molar-refractivity contribution in [3.8, 4) is 5.75 Å². The van der Waals surface area contributed by atoms with E-state index in [1.807, 2.05) is 13.8 Å². The Hall–Kier alpha value is -2.08. The molecule has 1 aliphatic rings. The summed E-state index contributed by atoms with van der Waals surface area (Å²) in [5.41, 5.74) is 0.412. The number of carbonyl (C=O) groups excluding carboxylic acids is 1. The van der Waals surface area contributed by atoms with E-state index in [1.54, 1.807) is 24.3 Å². The van der Waals surface area contributed by atoms with Crippen LogP contribution < -0.4 is 10.1 Å². The van der Waals surface area contributed by atoms with Crippen LogP contribution in [0.4, 0.5) is 0 Å². The molecule has 6 nitrogen and oxygen atoms in total. The second kappa shape index (κ2) is 8.68. The first-order chi connectivity index (χ1) is 11.5. The van der Waals surface area contributed by atoms with Gasteiger partial charge in [0.2, 0.25) is 0 Å². The minimum Gasteiger partial charge on any atom is -0.491 e. The van der Waals surface area contributed by atoms with Gasteiger partial charge in [-0.1, -0.05) is 13.8 Å². The van der Waals surface area contributed by atoms with E-state index in [4.69, 9.17) is 9.47 Å². The van der Waals surface area contributed by atoms with E-state index in [0.29, 0.717) is 24.3 Å². The third-order valence-corrected chi connectivity index (χ3v) is 3.89. The zero-order chi connectivity index (χ0) is 17.5. The number of carbonyl (C=O) groups is 2. The van der Waals surface area contributed by atoms with Gasteiger partial charge in [-0.2, -0.15) is 0 Å². The zero-order valence-corrected chi connectivity index (χ0v) is 14.2. The van der Waals surface area contributed by atoms with Crippen molar-refractivity contribution < 1.29 is 24.2 Å². The van der Waals surface area contributed by atoms with Crippen molar-refractivity contribution >= 4 is 11.9 Å². The van der Waals surface area contributed by atoms with Gasteiger partial charge < -0.3 is 19.9 Å². The van der Waals surface area contributed by atoms with E-state index >= 15 is 0 Å². The highest BCUT2D eigenvalue weighted by Gasteiger charge is 2.22. The fraction of sp³-hybridized carbons (Fsp3) is 0.556. The molecule has 1 heterocycles. The van der Waals surface area contributed by atoms with Crippen molar-refractivity contribution in [3.63, 3.8) is 0 Å². The Bertz CT molecular complexity index is 549. The van der Waals surface area contributed by atoms with E-state index in [0.717, 1.165) is 19.4 Å². The third kappa shape index (κ3) is 5.53. The van der Waals surface area contributed by atoms with Gasteiger partial charge in [-0.05, 0) is 49.4 Å². The lowest BCUT2D eigenvalue weighted by molar-refractivity contribution is -0.139. The molecule has 0 saturated carbocycles. The Morgan fingerprint density at radius 3 is 2.58 bits per heavy atom. The van der Waals surface area contributed by atoms with Crippen LogP contribution in [0.15, 0.2) is 24.3 Å². The molecule has 132 valence electrons. The normalized spacial score (nSPS) is 18.4. The molecule has 2 N–H and O–H groups in total. The molecular weight excluding hydrogens is 310 g/mol. The molecule has 1 amide bonds. The molecule has 1 aliphatic heterocycles. The van der Waals surface area contributed by atoms with Crippen molar-refractivity contribution in [2.24, 2.45) is 5.92 Å². The van der Waals surface area contributed by atoms with E-state index in [9.17, 15) is 14.7 Å². The van der Waals surface area contributed by atoms with Gasteiger partial charge in [0.05, 0.1) is 6.10 Å². The first kappa shape index (κ1) is 18.3. The molecule has 1 unspecified atom stereocenters. The van der Waals surface area contributed by atoms with Gasteiger partial charge in [0, 0.05) is 12.2 Å². The van der Waals surface area contributed by atoms with Gasteiger partial charge in [-0.3, -0.25) is 4.79 Å². The Morgan fingerprint density at radius 1 is 1.33 bits per heavy atom. The number of benzene rings is 1. The van der Waals surface area contributed by atoms with Gasteiger partial charge in [0.1, 0.15) is 18.4 Å². The molecule has 1 fully saturated rings. The Kier molecular flexibility index (Phi) is 6.61. The van der Waals surface area contributed by atoms with Gasteiger partial charge >= 0.3 is 5.97 Å². The molecule has 0 aliphatic carbocycles. The van der Waals surface area contributed by atoms with Crippen LogP contribution in [0.1, 0.15) is 43.5 Å². The number of hydrogen-bond donors (Lipinski definition) is 2. The second-order valence-corrected chi connectivity index (χ2v) is 6.46. The van der Waals surface area contributed by atoms with Crippen molar-refractivity contribution in [1.29, 1.82) is 0 Å². The summed E-state index contributed by atoms with van der Waals surface area (Å²) in [5.74, 6) is -0.568. The Morgan fingerprint density at radius 2 is 2.04 bits per heavy atom. The summed E-state index contributed by atoms with van der Waals surface area (Å²) in [4.78, 5) is 23.4. The van der Waals surface area contributed by atoms with E-state index in [-0.39, 0.29) is 12.0 Å². The SMILES string of the molecule is CC(C)C[C@H](NC(=O)c1ccc(OCC2CCCO2)cc1)C(=O)O. The molecule has 0 spiro atoms. The van der Waals surface area contributed by atoms with Gasteiger partial charge in [-0.25, -0.2) is 4.79 Å². The number of amides is 1. The molecule has 1 aromatic carbocycles. The highest BCUT2D eigenvalue weighted by atomic mass is 16.5. The molecular formula is C18H25NO5. The maximum absolute atomic E-state index is 12.2. The van der Waals surface area contributed by atoms with Crippen LogP contribution in [0.2, 0.25) is 0 Å². The summed E-state index contributed by atoms with van der Waals surface area (Å²) < 4.78 is 11.1. The molecule has 1 aromatic rings. The predicted molar refractivity (Wildman–Crippen MR) is 89.3 cm³/mol. The summed E-state index contributed by atoms with van der Waals surface area (Å²) in [6.07, 6.45) is 2.60. The number of carboxylic acids is 1. The molecule has 6 heteroatoms. The fourth-order valence-electron chi connectivity index (χ4n) is 2.60. The Balaban J connectivity index is 1.88. The van der Waals surface area contributed by atoms with Crippen molar-refractivity contribution in [1.82, 2.24) is 5.32 Å². The number of carboxylic acid groups (broad SMARTS) is 1. The van der Waals surface area contributed by atoms with Crippen molar-refractivity contribution in [2.75, 3.05) is 13.2 Å². The van der Waals surface area contributed by atoms with Crippen LogP contribution in [0.25, 0.3) is 0 Å². The quantitative estimate of drug-likeness (QED) is 0.762. The number of hydrogen-bond acceptors (Lipinski definition) is 4. The van der Waals surface area contributed by atoms with Crippen molar-refractivity contribution in [3.05, 3.63) is 29.8 Å². The van der Waals surface area contributed by atoms with Crippen LogP contribution in [0.5, 0.6) is 5.75 Å². The number of ether oxygens (including phenoxy) is 2. The highest BCUT2D eigenvalue weighted by Crippen LogP contribution is 2.17. The largest absolute Gasteiger partial charge is 0.491 e. The number of aliphatic carboxylic acids is 1. The Labute approximate surface area is 142 Å². The maximum atomic E-state index is 12.2. The van der Waals surface area contributed by atoms with E-state index in [2.05, 4.69) is 5.32 Å². The smallest absolute Gasteiger partial charge is 0.326 e. The second-order valence-electron chi connectivity index (χ2n) is 6.46. The summed E-state index contributed by atoms with van der Waals surface area (Å²) in [6, 6.07) is 5.81. The average molecular weight is 335 g/mol. The topological polar surface area (TPSA) is 84.9 Å². The first-order valence-electron chi connectivity index (χ1n) is 8.34. The lowest BCUT2D eigenvalue weighted by Crippen LogP contribution is -2.41. The minimum atomic E-state index is -1.02. The molecule has 0 bridgehead atoms. The van der Waals surface area contributed by atoms with Gasteiger partial charge in [-0.15, -0.1) is 0 Å². The fourth-order valence-corrected chi connectivity index (χ4v) is 2.60. The minimum absolute atomic E-state index is 0.139. The van der Waals surface area contributed by atoms with Crippen molar-refractivity contribution in [2.45, 2.75) is 45.3 Å². The zero-order valence-electron chi connectivity index (χ0n) is 14.2. The van der Waals surface area contributed by atoms with Crippen LogP contribution in [0, 0.1) is 5.92 Å². The molecule has 0 radical (unpaired) electrons. The molecule has 1 saturated heterocycles. The summed E-state index contributed by atoms with van der Waals surface area (Å²) >= 11 is 0. The molecule has 2 atom stereocenters. The average Bonchev–Trinajstić information content (AvgIpc) is 3.05. The number of nitrogens with one attached hydrogen (secondary N) is 1. The molecule has 0 aromatic heterocycles. The molecule has 2 rings (SSSR count). The molecule has 24 heavy (non-hydrogen) atoms. The lowest BCUT2D eigenvalue weighted by Gasteiger charge is -2.16. The van der Waals surface area contributed by atoms with Crippen LogP contribution in [-0.4, -0.2) is 42.3 Å². The summed E-state index contributed by atoms with van der Waals surface area (Å²) in [6.45, 7) is 5.12. The van der Waals surface area contributed by atoms with Crippen LogP contribution in [-0.2, 0) is 9.53 Å².